The minimum absolute atomic E-state index is 0.736. The van der Waals surface area contributed by atoms with Crippen molar-refractivity contribution in [3.63, 3.8) is 0 Å². The van der Waals surface area contributed by atoms with Crippen LogP contribution in [0, 0.1) is 0 Å². The van der Waals surface area contributed by atoms with E-state index in [1.165, 1.54) is 0 Å². The number of halogens is 2. The van der Waals surface area contributed by atoms with Gasteiger partial charge in [0.1, 0.15) is 0 Å². The molecule has 0 fully saturated rings. The molecule has 1 aromatic carbocycles. The Morgan fingerprint density at radius 1 is 1.43 bits per heavy atom. The lowest BCUT2D eigenvalue weighted by molar-refractivity contribution is 1.04. The van der Waals surface area contributed by atoms with Gasteiger partial charge in [0.05, 0.1) is 17.0 Å². The first-order chi connectivity index (χ1) is 6.83. The Morgan fingerprint density at radius 3 is 2.93 bits per heavy atom. The summed E-state index contributed by atoms with van der Waals surface area (Å²) in [5.74, 6) is 0. The maximum absolute atomic E-state index is 6.13. The number of hydrogen-bond acceptors (Lipinski definition) is 1. The Morgan fingerprint density at radius 2 is 2.29 bits per heavy atom. The van der Waals surface area contributed by atoms with E-state index in [1.807, 2.05) is 29.0 Å². The van der Waals surface area contributed by atoms with Crippen molar-refractivity contribution < 1.29 is 0 Å². The van der Waals surface area contributed by atoms with Crippen LogP contribution in [0.2, 0.25) is 5.02 Å². The molecule has 0 saturated carbocycles. The Kier molecular flexibility index (Phi) is 2.89. The van der Waals surface area contributed by atoms with Gasteiger partial charge in [-0.1, -0.05) is 39.7 Å². The molecular formula is C10H8BrClN2. The summed E-state index contributed by atoms with van der Waals surface area (Å²) in [6.45, 7) is 0. The van der Waals surface area contributed by atoms with E-state index in [1.54, 1.807) is 12.5 Å². The van der Waals surface area contributed by atoms with E-state index >= 15 is 0 Å². The largest absolute Gasteiger partial charge is 0.305 e. The summed E-state index contributed by atoms with van der Waals surface area (Å²) in [7, 11) is 0. The zero-order valence-electron chi connectivity index (χ0n) is 7.32. The second-order valence-corrected chi connectivity index (χ2v) is 3.82. The highest BCUT2D eigenvalue weighted by atomic mass is 79.9. The molecule has 0 spiro atoms. The Hall–Kier alpha value is -0.800. The monoisotopic (exact) mass is 270 g/mol. The number of hydrogen-bond donors (Lipinski definition) is 0. The van der Waals surface area contributed by atoms with E-state index in [2.05, 4.69) is 20.9 Å². The number of aromatic nitrogens is 2. The Labute approximate surface area is 95.7 Å². The zero-order chi connectivity index (χ0) is 9.97. The van der Waals surface area contributed by atoms with Crippen molar-refractivity contribution >= 4 is 27.5 Å². The molecule has 2 rings (SSSR count). The van der Waals surface area contributed by atoms with Gasteiger partial charge >= 0.3 is 0 Å². The van der Waals surface area contributed by atoms with Crippen LogP contribution in [0.5, 0.6) is 0 Å². The maximum atomic E-state index is 6.13. The summed E-state index contributed by atoms with van der Waals surface area (Å²) in [6, 6.07) is 5.86. The number of alkyl halides is 1. The van der Waals surface area contributed by atoms with Crippen LogP contribution >= 0.6 is 27.5 Å². The van der Waals surface area contributed by atoms with Crippen LogP contribution < -0.4 is 0 Å². The highest BCUT2D eigenvalue weighted by molar-refractivity contribution is 9.08. The molecule has 2 nitrogen and oxygen atoms in total. The second-order valence-electron chi connectivity index (χ2n) is 2.85. The van der Waals surface area contributed by atoms with E-state index < -0.39 is 0 Å². The summed E-state index contributed by atoms with van der Waals surface area (Å²) >= 11 is 9.57. The normalized spacial score (nSPS) is 10.4. The molecule has 0 saturated heterocycles. The molecule has 0 N–H and O–H groups in total. The van der Waals surface area contributed by atoms with Gasteiger partial charge in [-0.15, -0.1) is 0 Å². The molecule has 0 unspecified atom stereocenters. The van der Waals surface area contributed by atoms with Gasteiger partial charge in [0.15, 0.2) is 0 Å². The van der Waals surface area contributed by atoms with Crippen LogP contribution in [0.15, 0.2) is 36.9 Å². The molecule has 0 atom stereocenters. The number of para-hydroxylation sites is 1. The molecule has 0 bridgehead atoms. The zero-order valence-corrected chi connectivity index (χ0v) is 9.66. The van der Waals surface area contributed by atoms with Crippen LogP contribution in [0.1, 0.15) is 5.56 Å². The van der Waals surface area contributed by atoms with E-state index in [4.69, 9.17) is 11.6 Å². The van der Waals surface area contributed by atoms with Crippen molar-refractivity contribution in [3.05, 3.63) is 47.5 Å². The third-order valence-corrected chi connectivity index (χ3v) is 2.89. The molecule has 0 aliphatic rings. The Bertz CT molecular complexity index is 426. The van der Waals surface area contributed by atoms with Crippen molar-refractivity contribution in [1.29, 1.82) is 0 Å². The molecule has 1 aromatic heterocycles. The van der Waals surface area contributed by atoms with Gasteiger partial charge in [0.25, 0.3) is 0 Å². The molecule has 72 valence electrons. The second kappa shape index (κ2) is 4.15. The van der Waals surface area contributed by atoms with Gasteiger partial charge in [-0.25, -0.2) is 4.98 Å². The van der Waals surface area contributed by atoms with Crippen molar-refractivity contribution in [1.82, 2.24) is 9.55 Å². The van der Waals surface area contributed by atoms with Gasteiger partial charge in [-0.05, 0) is 11.6 Å². The van der Waals surface area contributed by atoms with Crippen LogP contribution in [-0.2, 0) is 5.33 Å². The van der Waals surface area contributed by atoms with E-state index in [0.717, 1.165) is 21.6 Å². The highest BCUT2D eigenvalue weighted by Gasteiger charge is 2.06. The van der Waals surface area contributed by atoms with Crippen molar-refractivity contribution in [2.45, 2.75) is 5.33 Å². The third kappa shape index (κ3) is 1.70. The summed E-state index contributed by atoms with van der Waals surface area (Å²) in [6.07, 6.45) is 5.36. The lowest BCUT2D eigenvalue weighted by Crippen LogP contribution is -1.96. The molecule has 0 amide bonds. The third-order valence-electron chi connectivity index (χ3n) is 1.98. The molecule has 0 radical (unpaired) electrons. The minimum Gasteiger partial charge on any atom is -0.305 e. The lowest BCUT2D eigenvalue weighted by atomic mass is 10.2. The standard InChI is InChI=1S/C10H8BrClN2/c11-6-8-2-1-3-9(12)10(8)14-5-4-13-7-14/h1-5,7H,6H2. The molecule has 0 aliphatic heterocycles. The number of benzene rings is 1. The maximum Gasteiger partial charge on any atom is 0.0992 e. The fraction of sp³-hybridized carbons (Fsp3) is 0.100. The molecular weight excluding hydrogens is 263 g/mol. The Balaban J connectivity index is 2.61. The summed E-state index contributed by atoms with van der Waals surface area (Å²) in [5.41, 5.74) is 2.14. The van der Waals surface area contributed by atoms with E-state index in [-0.39, 0.29) is 0 Å². The smallest absolute Gasteiger partial charge is 0.0992 e. The average Bonchev–Trinajstić information content (AvgIpc) is 2.70. The molecule has 2 aromatic rings. The van der Waals surface area contributed by atoms with Gasteiger partial charge in [0.2, 0.25) is 0 Å². The number of rotatable bonds is 2. The van der Waals surface area contributed by atoms with Crippen molar-refractivity contribution in [2.75, 3.05) is 0 Å². The van der Waals surface area contributed by atoms with Crippen LogP contribution in [0.4, 0.5) is 0 Å². The number of imidazole rings is 1. The van der Waals surface area contributed by atoms with Crippen molar-refractivity contribution in [3.8, 4) is 5.69 Å². The van der Waals surface area contributed by atoms with Gasteiger partial charge in [-0.3, -0.25) is 0 Å². The van der Waals surface area contributed by atoms with Crippen molar-refractivity contribution in [2.24, 2.45) is 0 Å². The first kappa shape index (κ1) is 9.74. The summed E-state index contributed by atoms with van der Waals surface area (Å²) < 4.78 is 1.92. The van der Waals surface area contributed by atoms with Gasteiger partial charge in [0, 0.05) is 17.7 Å². The molecule has 4 heteroatoms. The minimum atomic E-state index is 0.736. The summed E-state index contributed by atoms with van der Waals surface area (Å²) in [5, 5.41) is 1.51. The predicted molar refractivity (Wildman–Crippen MR) is 61.2 cm³/mol. The molecule has 14 heavy (non-hydrogen) atoms. The first-order valence-electron chi connectivity index (χ1n) is 4.14. The lowest BCUT2D eigenvalue weighted by Gasteiger charge is -2.09. The van der Waals surface area contributed by atoms with Crippen LogP contribution in [0.25, 0.3) is 5.69 Å². The predicted octanol–water partition coefficient (Wildman–Crippen LogP) is 3.42. The number of nitrogens with zero attached hydrogens (tertiary/aromatic N) is 2. The molecule has 0 aliphatic carbocycles. The highest BCUT2D eigenvalue weighted by Crippen LogP contribution is 2.25. The quantitative estimate of drug-likeness (QED) is 0.765. The first-order valence-corrected chi connectivity index (χ1v) is 5.64. The van der Waals surface area contributed by atoms with E-state index in [9.17, 15) is 0 Å². The van der Waals surface area contributed by atoms with Crippen LogP contribution in [0.3, 0.4) is 0 Å². The fourth-order valence-corrected chi connectivity index (χ4v) is 2.09. The van der Waals surface area contributed by atoms with Gasteiger partial charge < -0.3 is 4.57 Å². The topological polar surface area (TPSA) is 17.8 Å². The molecule has 1 heterocycles. The van der Waals surface area contributed by atoms with Gasteiger partial charge in [-0.2, -0.15) is 0 Å². The average molecular weight is 272 g/mol. The summed E-state index contributed by atoms with van der Waals surface area (Å²) in [4.78, 5) is 4.00. The van der Waals surface area contributed by atoms with E-state index in [0.29, 0.717) is 0 Å². The fourth-order valence-electron chi connectivity index (χ4n) is 1.35. The SMILES string of the molecule is Clc1cccc(CBr)c1-n1ccnc1. The van der Waals surface area contributed by atoms with Crippen LogP contribution in [-0.4, -0.2) is 9.55 Å².